The maximum Gasteiger partial charge on any atom is 0.326 e. The van der Waals surface area contributed by atoms with Crippen LogP contribution in [0.3, 0.4) is 0 Å². The smallest absolute Gasteiger partial charge is 0.326 e. The average molecular weight is 412 g/mol. The predicted octanol–water partition coefficient (Wildman–Crippen LogP) is 1.53. The largest absolute Gasteiger partial charge is 0.480 e. The molecule has 0 aromatic carbocycles. The second-order valence-corrected chi connectivity index (χ2v) is 8.20. The lowest BCUT2D eigenvalue weighted by Gasteiger charge is -2.28. The lowest BCUT2D eigenvalue weighted by molar-refractivity contribution is -0.150. The molecule has 2 aliphatic heterocycles. The molecule has 0 aromatic rings. The SMILES string of the molecule is CCOC(=O)[C@H](CCCCC1CCNCC1)N[C@@H](C)C(=O)N1CCC[C@H]1C(=O)O. The van der Waals surface area contributed by atoms with Gasteiger partial charge in [-0.1, -0.05) is 19.3 Å². The molecular formula is C21H37N3O5. The van der Waals surface area contributed by atoms with Gasteiger partial charge >= 0.3 is 11.9 Å². The van der Waals surface area contributed by atoms with Crippen LogP contribution < -0.4 is 10.6 Å². The summed E-state index contributed by atoms with van der Waals surface area (Å²) in [4.78, 5) is 37.9. The summed E-state index contributed by atoms with van der Waals surface area (Å²) < 4.78 is 5.19. The highest BCUT2D eigenvalue weighted by molar-refractivity contribution is 5.88. The molecule has 0 bridgehead atoms. The number of likely N-dealkylation sites (tertiary alicyclic amines) is 1. The number of carboxylic acids is 1. The first-order chi connectivity index (χ1) is 13.9. The Balaban J connectivity index is 1.85. The zero-order valence-corrected chi connectivity index (χ0v) is 17.8. The summed E-state index contributed by atoms with van der Waals surface area (Å²) in [5, 5.41) is 15.8. The quantitative estimate of drug-likeness (QED) is 0.349. The molecule has 0 spiro atoms. The number of aliphatic carboxylic acids is 1. The summed E-state index contributed by atoms with van der Waals surface area (Å²) in [6.07, 6.45) is 7.32. The number of amides is 1. The van der Waals surface area contributed by atoms with E-state index in [0.29, 0.717) is 32.4 Å². The lowest BCUT2D eigenvalue weighted by Crippen LogP contribution is -2.53. The number of nitrogens with zero attached hydrogens (tertiary/aromatic N) is 1. The molecule has 0 radical (unpaired) electrons. The Labute approximate surface area is 173 Å². The maximum atomic E-state index is 12.8. The van der Waals surface area contributed by atoms with Crippen molar-refractivity contribution < 1.29 is 24.2 Å². The van der Waals surface area contributed by atoms with Crippen LogP contribution in [0.4, 0.5) is 0 Å². The fourth-order valence-corrected chi connectivity index (χ4v) is 4.37. The van der Waals surface area contributed by atoms with Gasteiger partial charge in [0.2, 0.25) is 5.91 Å². The molecule has 2 aliphatic rings. The molecular weight excluding hydrogens is 374 g/mol. The number of rotatable bonds is 11. The fourth-order valence-electron chi connectivity index (χ4n) is 4.37. The van der Waals surface area contributed by atoms with Gasteiger partial charge in [0, 0.05) is 6.54 Å². The number of carbonyl (C=O) groups excluding carboxylic acids is 2. The van der Waals surface area contributed by atoms with Crippen molar-refractivity contribution >= 4 is 17.8 Å². The minimum Gasteiger partial charge on any atom is -0.480 e. The first kappa shape index (κ1) is 23.6. The van der Waals surface area contributed by atoms with Crippen LogP contribution in [0.15, 0.2) is 0 Å². The summed E-state index contributed by atoms with van der Waals surface area (Å²) in [7, 11) is 0. The number of esters is 1. The minimum absolute atomic E-state index is 0.265. The van der Waals surface area contributed by atoms with E-state index in [9.17, 15) is 19.5 Å². The Morgan fingerprint density at radius 1 is 1.21 bits per heavy atom. The molecule has 8 heteroatoms. The van der Waals surface area contributed by atoms with Crippen molar-refractivity contribution in [3.8, 4) is 0 Å². The fraction of sp³-hybridized carbons (Fsp3) is 0.857. The van der Waals surface area contributed by atoms with E-state index in [-0.39, 0.29) is 11.9 Å². The zero-order valence-electron chi connectivity index (χ0n) is 17.8. The molecule has 2 fully saturated rings. The van der Waals surface area contributed by atoms with Gasteiger partial charge in [0.05, 0.1) is 12.6 Å². The van der Waals surface area contributed by atoms with Gasteiger partial charge in [0.15, 0.2) is 0 Å². The number of ether oxygens (including phenoxy) is 1. The Morgan fingerprint density at radius 3 is 2.59 bits per heavy atom. The molecule has 0 unspecified atom stereocenters. The number of unbranched alkanes of at least 4 members (excludes halogenated alkanes) is 1. The van der Waals surface area contributed by atoms with E-state index in [1.165, 1.54) is 24.2 Å². The van der Waals surface area contributed by atoms with E-state index in [0.717, 1.165) is 31.8 Å². The van der Waals surface area contributed by atoms with Crippen molar-refractivity contribution in [2.24, 2.45) is 5.92 Å². The highest BCUT2D eigenvalue weighted by atomic mass is 16.5. The summed E-state index contributed by atoms with van der Waals surface area (Å²) in [5.74, 6) is -0.819. The minimum atomic E-state index is -0.970. The standard InChI is InChI=1S/C21H37N3O5/c1-3-29-21(28)17(8-5-4-7-16-10-12-22-13-11-16)23-15(2)19(25)24-14-6-9-18(24)20(26)27/h15-18,22-23H,3-14H2,1-2H3,(H,26,27)/t15-,17-,18-/m0/s1. The predicted molar refractivity (Wildman–Crippen MR) is 109 cm³/mol. The topological polar surface area (TPSA) is 108 Å². The van der Waals surface area contributed by atoms with Crippen LogP contribution in [-0.2, 0) is 19.1 Å². The molecule has 2 rings (SSSR count). The number of carbonyl (C=O) groups is 3. The number of nitrogens with one attached hydrogen (secondary N) is 2. The van der Waals surface area contributed by atoms with E-state index in [1.807, 2.05) is 0 Å². The van der Waals surface area contributed by atoms with Crippen molar-refractivity contribution in [1.29, 1.82) is 0 Å². The number of carboxylic acid groups (broad SMARTS) is 1. The van der Waals surface area contributed by atoms with E-state index in [1.54, 1.807) is 13.8 Å². The van der Waals surface area contributed by atoms with Gasteiger partial charge in [-0.15, -0.1) is 0 Å². The van der Waals surface area contributed by atoms with Crippen LogP contribution >= 0.6 is 0 Å². The van der Waals surface area contributed by atoms with Gasteiger partial charge in [-0.2, -0.15) is 0 Å². The van der Waals surface area contributed by atoms with Gasteiger partial charge in [-0.3, -0.25) is 14.9 Å². The molecule has 1 amide bonds. The van der Waals surface area contributed by atoms with Crippen molar-refractivity contribution in [2.75, 3.05) is 26.2 Å². The van der Waals surface area contributed by atoms with Gasteiger partial charge in [0.1, 0.15) is 12.1 Å². The molecule has 2 heterocycles. The molecule has 2 saturated heterocycles. The zero-order chi connectivity index (χ0) is 21.2. The second kappa shape index (κ2) is 12.1. The molecule has 3 N–H and O–H groups in total. The first-order valence-corrected chi connectivity index (χ1v) is 11.1. The number of hydrogen-bond donors (Lipinski definition) is 3. The van der Waals surface area contributed by atoms with Crippen LogP contribution in [-0.4, -0.2) is 72.2 Å². The Morgan fingerprint density at radius 2 is 1.93 bits per heavy atom. The second-order valence-electron chi connectivity index (χ2n) is 8.20. The van der Waals surface area contributed by atoms with E-state index >= 15 is 0 Å². The number of hydrogen-bond acceptors (Lipinski definition) is 6. The molecule has 29 heavy (non-hydrogen) atoms. The van der Waals surface area contributed by atoms with Crippen molar-refractivity contribution in [1.82, 2.24) is 15.5 Å². The van der Waals surface area contributed by atoms with Gasteiger partial charge in [-0.25, -0.2) is 4.79 Å². The van der Waals surface area contributed by atoms with Gasteiger partial charge in [-0.05, 0) is 65.0 Å². The third-order valence-electron chi connectivity index (χ3n) is 6.03. The summed E-state index contributed by atoms with van der Waals surface area (Å²) in [5.41, 5.74) is 0. The van der Waals surface area contributed by atoms with E-state index in [4.69, 9.17) is 4.74 Å². The van der Waals surface area contributed by atoms with Crippen molar-refractivity contribution in [3.05, 3.63) is 0 Å². The van der Waals surface area contributed by atoms with Crippen LogP contribution in [0, 0.1) is 5.92 Å². The van der Waals surface area contributed by atoms with Crippen LogP contribution in [0.2, 0.25) is 0 Å². The monoisotopic (exact) mass is 411 g/mol. The highest BCUT2D eigenvalue weighted by Crippen LogP contribution is 2.21. The van der Waals surface area contributed by atoms with E-state index < -0.39 is 24.1 Å². The average Bonchev–Trinajstić information content (AvgIpc) is 3.20. The van der Waals surface area contributed by atoms with Crippen molar-refractivity contribution in [2.45, 2.75) is 83.3 Å². The third-order valence-corrected chi connectivity index (χ3v) is 6.03. The van der Waals surface area contributed by atoms with Gasteiger partial charge < -0.3 is 20.1 Å². The molecule has 0 saturated carbocycles. The molecule has 8 nitrogen and oxygen atoms in total. The summed E-state index contributed by atoms with van der Waals surface area (Å²) in [6.45, 7) is 6.38. The van der Waals surface area contributed by atoms with E-state index in [2.05, 4.69) is 10.6 Å². The molecule has 0 aliphatic carbocycles. The van der Waals surface area contributed by atoms with Gasteiger partial charge in [0.25, 0.3) is 0 Å². The van der Waals surface area contributed by atoms with Crippen LogP contribution in [0.25, 0.3) is 0 Å². The Kier molecular flexibility index (Phi) is 9.87. The molecule has 166 valence electrons. The van der Waals surface area contributed by atoms with Crippen molar-refractivity contribution in [3.63, 3.8) is 0 Å². The summed E-state index contributed by atoms with van der Waals surface area (Å²) >= 11 is 0. The Bertz CT molecular complexity index is 550. The normalized spacial score (nSPS) is 22.3. The number of piperidine rings is 1. The summed E-state index contributed by atoms with van der Waals surface area (Å²) in [6, 6.07) is -1.95. The third kappa shape index (κ3) is 7.26. The lowest BCUT2D eigenvalue weighted by atomic mass is 9.92. The first-order valence-electron chi connectivity index (χ1n) is 11.1. The molecule has 0 aromatic heterocycles. The van der Waals surface area contributed by atoms with Crippen LogP contribution in [0.5, 0.6) is 0 Å². The Hall–Kier alpha value is -1.67. The maximum absolute atomic E-state index is 12.8. The van der Waals surface area contributed by atoms with Crippen LogP contribution in [0.1, 0.15) is 65.2 Å². The molecule has 3 atom stereocenters. The highest BCUT2D eigenvalue weighted by Gasteiger charge is 2.36.